The average molecular weight is 225 g/mol. The number of hydrogen-bond acceptors (Lipinski definition) is 3. The van der Waals surface area contributed by atoms with Crippen LogP contribution in [-0.4, -0.2) is 45.2 Å². The molecule has 0 atom stereocenters. The standard InChI is InChI=1S/C11H19N3O2/c1-2-14(6-3-9-15)11(16)4-7-13-8-5-12-10-13/h5,8,10,15H,2-4,6-7,9H2,1H3. The molecule has 1 aromatic rings. The highest BCUT2D eigenvalue weighted by atomic mass is 16.3. The highest BCUT2D eigenvalue weighted by Crippen LogP contribution is 1.99. The van der Waals surface area contributed by atoms with Gasteiger partial charge in [0, 0.05) is 45.1 Å². The first-order valence-corrected chi connectivity index (χ1v) is 5.62. The fourth-order valence-corrected chi connectivity index (χ4v) is 1.52. The normalized spacial score (nSPS) is 10.4. The molecule has 0 radical (unpaired) electrons. The summed E-state index contributed by atoms with van der Waals surface area (Å²) in [5, 5.41) is 8.72. The van der Waals surface area contributed by atoms with Crippen LogP contribution >= 0.6 is 0 Å². The number of aryl methyl sites for hydroxylation is 1. The Morgan fingerprint density at radius 2 is 2.38 bits per heavy atom. The zero-order valence-corrected chi connectivity index (χ0v) is 9.67. The van der Waals surface area contributed by atoms with Crippen LogP contribution in [0.3, 0.4) is 0 Å². The van der Waals surface area contributed by atoms with Gasteiger partial charge in [-0.25, -0.2) is 4.98 Å². The van der Waals surface area contributed by atoms with Gasteiger partial charge in [0.25, 0.3) is 0 Å². The van der Waals surface area contributed by atoms with Gasteiger partial charge in [0.1, 0.15) is 0 Å². The number of hydrogen-bond donors (Lipinski definition) is 1. The molecular formula is C11H19N3O2. The fourth-order valence-electron chi connectivity index (χ4n) is 1.52. The predicted molar refractivity (Wildman–Crippen MR) is 60.8 cm³/mol. The number of carbonyl (C=O) groups is 1. The lowest BCUT2D eigenvalue weighted by molar-refractivity contribution is -0.131. The number of carbonyl (C=O) groups excluding carboxylic acids is 1. The number of amides is 1. The Bertz CT molecular complexity index is 298. The number of imidazole rings is 1. The molecule has 0 aliphatic carbocycles. The molecule has 0 saturated carbocycles. The Labute approximate surface area is 95.7 Å². The van der Waals surface area contributed by atoms with Crippen LogP contribution in [0.5, 0.6) is 0 Å². The number of aromatic nitrogens is 2. The summed E-state index contributed by atoms with van der Waals surface area (Å²) < 4.78 is 1.89. The highest BCUT2D eigenvalue weighted by molar-refractivity contribution is 5.76. The molecule has 0 unspecified atom stereocenters. The molecule has 1 N–H and O–H groups in total. The first-order chi connectivity index (χ1) is 7.77. The molecule has 0 fully saturated rings. The van der Waals surface area contributed by atoms with Crippen LogP contribution in [0, 0.1) is 0 Å². The van der Waals surface area contributed by atoms with Crippen molar-refractivity contribution in [2.24, 2.45) is 0 Å². The molecule has 0 aromatic carbocycles. The maximum Gasteiger partial charge on any atom is 0.224 e. The molecule has 5 nitrogen and oxygen atoms in total. The van der Waals surface area contributed by atoms with Crippen LogP contribution in [0.1, 0.15) is 19.8 Å². The molecule has 0 aliphatic rings. The van der Waals surface area contributed by atoms with E-state index in [-0.39, 0.29) is 12.5 Å². The molecule has 5 heteroatoms. The third-order valence-electron chi connectivity index (χ3n) is 2.46. The lowest BCUT2D eigenvalue weighted by atomic mass is 10.3. The van der Waals surface area contributed by atoms with Crippen molar-refractivity contribution < 1.29 is 9.90 Å². The van der Waals surface area contributed by atoms with Crippen molar-refractivity contribution in [2.45, 2.75) is 26.3 Å². The summed E-state index contributed by atoms with van der Waals surface area (Å²) in [5.41, 5.74) is 0. The molecule has 0 spiro atoms. The number of nitrogens with zero attached hydrogens (tertiary/aromatic N) is 3. The van der Waals surface area contributed by atoms with Crippen molar-refractivity contribution in [1.82, 2.24) is 14.5 Å². The van der Waals surface area contributed by atoms with Crippen molar-refractivity contribution in [1.29, 1.82) is 0 Å². The lowest BCUT2D eigenvalue weighted by Gasteiger charge is -2.20. The SMILES string of the molecule is CCN(CCCO)C(=O)CCn1ccnc1. The molecule has 0 saturated heterocycles. The Hall–Kier alpha value is -1.36. The van der Waals surface area contributed by atoms with E-state index in [0.717, 1.165) is 0 Å². The summed E-state index contributed by atoms with van der Waals surface area (Å²) in [6.07, 6.45) is 6.38. The van der Waals surface area contributed by atoms with Gasteiger partial charge in [-0.2, -0.15) is 0 Å². The predicted octanol–water partition coefficient (Wildman–Crippen LogP) is 0.504. The second-order valence-electron chi connectivity index (χ2n) is 3.60. The number of aliphatic hydroxyl groups excluding tert-OH is 1. The van der Waals surface area contributed by atoms with Gasteiger partial charge in [-0.15, -0.1) is 0 Å². The fraction of sp³-hybridized carbons (Fsp3) is 0.636. The summed E-state index contributed by atoms with van der Waals surface area (Å²) in [5.74, 6) is 0.129. The second kappa shape index (κ2) is 7.00. The molecular weight excluding hydrogens is 206 g/mol. The first kappa shape index (κ1) is 12.7. The van der Waals surface area contributed by atoms with Gasteiger partial charge in [-0.3, -0.25) is 4.79 Å². The zero-order chi connectivity index (χ0) is 11.8. The Balaban J connectivity index is 2.31. The average Bonchev–Trinajstić information content (AvgIpc) is 2.80. The van der Waals surface area contributed by atoms with Gasteiger partial charge in [0.05, 0.1) is 6.33 Å². The molecule has 1 aromatic heterocycles. The van der Waals surface area contributed by atoms with Gasteiger partial charge < -0.3 is 14.6 Å². The third kappa shape index (κ3) is 4.02. The zero-order valence-electron chi connectivity index (χ0n) is 9.67. The van der Waals surface area contributed by atoms with E-state index in [2.05, 4.69) is 4.98 Å². The molecule has 1 rings (SSSR count). The molecule has 1 heterocycles. The molecule has 90 valence electrons. The van der Waals surface area contributed by atoms with E-state index in [4.69, 9.17) is 5.11 Å². The summed E-state index contributed by atoms with van der Waals surface area (Å²) >= 11 is 0. The van der Waals surface area contributed by atoms with Crippen molar-refractivity contribution in [3.8, 4) is 0 Å². The van der Waals surface area contributed by atoms with Crippen molar-refractivity contribution in [2.75, 3.05) is 19.7 Å². The maximum atomic E-state index is 11.8. The summed E-state index contributed by atoms with van der Waals surface area (Å²) in [4.78, 5) is 17.5. The van der Waals surface area contributed by atoms with Crippen LogP contribution in [-0.2, 0) is 11.3 Å². The quantitative estimate of drug-likeness (QED) is 0.735. The lowest BCUT2D eigenvalue weighted by Crippen LogP contribution is -2.32. The van der Waals surface area contributed by atoms with Crippen LogP contribution in [0.2, 0.25) is 0 Å². The largest absolute Gasteiger partial charge is 0.396 e. The molecule has 0 aliphatic heterocycles. The minimum absolute atomic E-state index is 0.129. The second-order valence-corrected chi connectivity index (χ2v) is 3.60. The molecule has 0 bridgehead atoms. The van der Waals surface area contributed by atoms with Gasteiger partial charge in [-0.1, -0.05) is 0 Å². The Morgan fingerprint density at radius 3 is 2.94 bits per heavy atom. The Kier molecular flexibility index (Phi) is 5.56. The summed E-state index contributed by atoms with van der Waals surface area (Å²) in [6.45, 7) is 4.07. The topological polar surface area (TPSA) is 58.4 Å². The van der Waals surface area contributed by atoms with Gasteiger partial charge in [0.15, 0.2) is 0 Å². The van der Waals surface area contributed by atoms with E-state index in [1.54, 1.807) is 17.4 Å². The maximum absolute atomic E-state index is 11.8. The monoisotopic (exact) mass is 225 g/mol. The van der Waals surface area contributed by atoms with E-state index in [1.165, 1.54) is 0 Å². The van der Waals surface area contributed by atoms with Crippen LogP contribution in [0.25, 0.3) is 0 Å². The Morgan fingerprint density at radius 1 is 1.56 bits per heavy atom. The van der Waals surface area contributed by atoms with Crippen LogP contribution < -0.4 is 0 Å². The van der Waals surface area contributed by atoms with Crippen LogP contribution in [0.15, 0.2) is 18.7 Å². The molecule has 16 heavy (non-hydrogen) atoms. The number of rotatable bonds is 7. The van der Waals surface area contributed by atoms with Crippen molar-refractivity contribution in [3.05, 3.63) is 18.7 Å². The number of aliphatic hydroxyl groups is 1. The van der Waals surface area contributed by atoms with Gasteiger partial charge in [0.2, 0.25) is 5.91 Å². The smallest absolute Gasteiger partial charge is 0.224 e. The molecule has 1 amide bonds. The van der Waals surface area contributed by atoms with Crippen molar-refractivity contribution >= 4 is 5.91 Å². The highest BCUT2D eigenvalue weighted by Gasteiger charge is 2.10. The minimum Gasteiger partial charge on any atom is -0.396 e. The van der Waals surface area contributed by atoms with E-state index in [9.17, 15) is 4.79 Å². The van der Waals surface area contributed by atoms with Crippen molar-refractivity contribution in [3.63, 3.8) is 0 Å². The van der Waals surface area contributed by atoms with E-state index in [1.807, 2.05) is 17.7 Å². The van der Waals surface area contributed by atoms with E-state index >= 15 is 0 Å². The van der Waals surface area contributed by atoms with Gasteiger partial charge in [-0.05, 0) is 13.3 Å². The summed E-state index contributed by atoms with van der Waals surface area (Å²) in [6, 6.07) is 0. The van der Waals surface area contributed by atoms with Gasteiger partial charge >= 0.3 is 0 Å². The van der Waals surface area contributed by atoms with Crippen LogP contribution in [0.4, 0.5) is 0 Å². The minimum atomic E-state index is 0.129. The van der Waals surface area contributed by atoms with E-state index in [0.29, 0.717) is 32.5 Å². The summed E-state index contributed by atoms with van der Waals surface area (Å²) in [7, 11) is 0. The first-order valence-electron chi connectivity index (χ1n) is 5.62. The van der Waals surface area contributed by atoms with E-state index < -0.39 is 0 Å². The third-order valence-corrected chi connectivity index (χ3v) is 2.46.